The van der Waals surface area contributed by atoms with E-state index in [1.165, 1.54) is 0 Å². The Morgan fingerprint density at radius 3 is 2.70 bits per heavy atom. The molecule has 4 aromatic rings. The Hall–Kier alpha value is -3.03. The van der Waals surface area contributed by atoms with Crippen LogP contribution >= 0.6 is 23.2 Å². The van der Waals surface area contributed by atoms with E-state index in [1.807, 2.05) is 29.7 Å². The zero-order valence-corrected chi connectivity index (χ0v) is 17.4. The van der Waals surface area contributed by atoms with Crippen molar-refractivity contribution in [1.29, 1.82) is 0 Å². The number of carboxylic acid groups (broad SMARTS) is 1. The Kier molecular flexibility index (Phi) is 5.65. The summed E-state index contributed by atoms with van der Waals surface area (Å²) in [6.45, 7) is 2.74. The van der Waals surface area contributed by atoms with Gasteiger partial charge >= 0.3 is 5.97 Å². The molecule has 0 fully saturated rings. The summed E-state index contributed by atoms with van der Waals surface area (Å²) in [5.74, 6) is 0.472. The van der Waals surface area contributed by atoms with Crippen molar-refractivity contribution in [3.63, 3.8) is 0 Å². The minimum absolute atomic E-state index is 0.0146. The normalized spacial score (nSPS) is 11.2. The monoisotopic (exact) mass is 445 g/mol. The molecule has 0 aliphatic heterocycles. The molecule has 0 atom stereocenters. The van der Waals surface area contributed by atoms with Gasteiger partial charge in [0.05, 0.1) is 23.1 Å². The quantitative estimate of drug-likeness (QED) is 0.401. The summed E-state index contributed by atoms with van der Waals surface area (Å²) in [6.07, 6.45) is 1.74. The Morgan fingerprint density at radius 2 is 1.97 bits per heavy atom. The molecule has 0 radical (unpaired) electrons. The number of carboxylic acids is 1. The predicted molar refractivity (Wildman–Crippen MR) is 114 cm³/mol. The molecule has 2 aromatic carbocycles. The van der Waals surface area contributed by atoms with Gasteiger partial charge in [-0.15, -0.1) is 0 Å². The lowest BCUT2D eigenvalue weighted by molar-refractivity contribution is -0.137. The SMILES string of the molecule is CCOc1ccc(-c2nc(-c3ccc4c(c3)c(Cl)cn4CCC(=O)O)no2)cc1Cl. The lowest BCUT2D eigenvalue weighted by Crippen LogP contribution is -2.03. The number of carbonyl (C=O) groups is 1. The maximum Gasteiger partial charge on any atom is 0.305 e. The van der Waals surface area contributed by atoms with E-state index in [1.54, 1.807) is 24.4 Å². The second-order valence-electron chi connectivity index (χ2n) is 6.55. The molecule has 0 spiro atoms. The van der Waals surface area contributed by atoms with Gasteiger partial charge in [-0.3, -0.25) is 4.79 Å². The van der Waals surface area contributed by atoms with Gasteiger partial charge in [-0.25, -0.2) is 0 Å². The van der Waals surface area contributed by atoms with Crippen LogP contribution in [0.4, 0.5) is 0 Å². The Bertz CT molecular complexity index is 1230. The Labute approximate surface area is 181 Å². The third-order valence-corrected chi connectivity index (χ3v) is 5.16. The molecule has 4 rings (SSSR count). The van der Waals surface area contributed by atoms with Gasteiger partial charge in [-0.05, 0) is 43.3 Å². The smallest absolute Gasteiger partial charge is 0.305 e. The molecule has 0 unspecified atom stereocenters. The highest BCUT2D eigenvalue weighted by molar-refractivity contribution is 6.35. The van der Waals surface area contributed by atoms with Crippen LogP contribution in [0.5, 0.6) is 5.75 Å². The van der Waals surface area contributed by atoms with Crippen molar-refractivity contribution >= 4 is 40.1 Å². The number of aryl methyl sites for hydroxylation is 1. The van der Waals surface area contributed by atoms with Crippen molar-refractivity contribution in [3.05, 3.63) is 52.6 Å². The van der Waals surface area contributed by atoms with E-state index in [0.29, 0.717) is 46.2 Å². The van der Waals surface area contributed by atoms with Crippen molar-refractivity contribution in [2.45, 2.75) is 19.9 Å². The number of fused-ring (bicyclic) bond motifs is 1. The van der Waals surface area contributed by atoms with Gasteiger partial charge in [0.15, 0.2) is 0 Å². The first-order valence-corrected chi connectivity index (χ1v) is 9.99. The second kappa shape index (κ2) is 8.38. The van der Waals surface area contributed by atoms with Crippen molar-refractivity contribution in [2.24, 2.45) is 0 Å². The minimum atomic E-state index is -0.863. The van der Waals surface area contributed by atoms with E-state index < -0.39 is 5.97 Å². The van der Waals surface area contributed by atoms with Gasteiger partial charge in [0, 0.05) is 34.8 Å². The van der Waals surface area contributed by atoms with E-state index >= 15 is 0 Å². The summed E-state index contributed by atoms with van der Waals surface area (Å²) in [5.41, 5.74) is 2.25. The molecule has 0 amide bonds. The molecule has 0 bridgehead atoms. The first kappa shape index (κ1) is 20.3. The first-order chi connectivity index (χ1) is 14.5. The molecule has 9 heteroatoms. The van der Waals surface area contributed by atoms with Crippen LogP contribution in [0.2, 0.25) is 10.0 Å². The van der Waals surface area contributed by atoms with Crippen molar-refractivity contribution < 1.29 is 19.2 Å². The number of hydrogen-bond acceptors (Lipinski definition) is 5. The van der Waals surface area contributed by atoms with Gasteiger partial charge in [0.25, 0.3) is 5.89 Å². The van der Waals surface area contributed by atoms with Crippen LogP contribution in [-0.2, 0) is 11.3 Å². The number of benzene rings is 2. The van der Waals surface area contributed by atoms with Crippen LogP contribution in [0.1, 0.15) is 13.3 Å². The second-order valence-corrected chi connectivity index (χ2v) is 7.36. The third kappa shape index (κ3) is 3.99. The standard InChI is InChI=1S/C21H17Cl2N3O4/c1-2-29-18-6-4-13(10-15(18)22)21-24-20(25-30-21)12-3-5-17-14(9-12)16(23)11-26(17)8-7-19(27)28/h3-6,9-11H,2,7-8H2,1H3,(H,27,28). The Morgan fingerprint density at radius 1 is 1.17 bits per heavy atom. The maximum absolute atomic E-state index is 10.9. The average molecular weight is 446 g/mol. The summed E-state index contributed by atoms with van der Waals surface area (Å²) in [6, 6.07) is 10.8. The Balaban J connectivity index is 1.64. The molecule has 0 saturated carbocycles. The lowest BCUT2D eigenvalue weighted by atomic mass is 10.1. The molecule has 0 aliphatic carbocycles. The molecule has 154 valence electrons. The van der Waals surface area contributed by atoms with Crippen LogP contribution in [0.15, 0.2) is 47.1 Å². The summed E-state index contributed by atoms with van der Waals surface area (Å²) >= 11 is 12.6. The fraction of sp³-hybridized carbons (Fsp3) is 0.190. The fourth-order valence-corrected chi connectivity index (χ4v) is 3.66. The molecule has 1 N–H and O–H groups in total. The molecule has 30 heavy (non-hydrogen) atoms. The summed E-state index contributed by atoms with van der Waals surface area (Å²) in [4.78, 5) is 15.3. The lowest BCUT2D eigenvalue weighted by Gasteiger charge is -2.05. The maximum atomic E-state index is 10.9. The summed E-state index contributed by atoms with van der Waals surface area (Å²) in [5, 5.41) is 14.8. The molecule has 0 saturated heterocycles. The number of aromatic nitrogens is 3. The van der Waals surface area contributed by atoms with Crippen molar-refractivity contribution in [1.82, 2.24) is 14.7 Å². The molecule has 2 heterocycles. The van der Waals surface area contributed by atoms with E-state index in [-0.39, 0.29) is 6.42 Å². The third-order valence-electron chi connectivity index (χ3n) is 4.56. The summed E-state index contributed by atoms with van der Waals surface area (Å²) in [7, 11) is 0. The topological polar surface area (TPSA) is 90.4 Å². The fourth-order valence-electron chi connectivity index (χ4n) is 3.16. The predicted octanol–water partition coefficient (Wildman–Crippen LogP) is 5.54. The van der Waals surface area contributed by atoms with Crippen molar-refractivity contribution in [3.8, 4) is 28.6 Å². The number of aliphatic carboxylic acids is 1. The van der Waals surface area contributed by atoms with Gasteiger partial charge < -0.3 is 18.9 Å². The molecule has 7 nitrogen and oxygen atoms in total. The van der Waals surface area contributed by atoms with Gasteiger partial charge in [0.1, 0.15) is 5.75 Å². The molecule has 0 aliphatic rings. The van der Waals surface area contributed by atoms with Gasteiger partial charge in [-0.1, -0.05) is 28.4 Å². The highest BCUT2D eigenvalue weighted by Crippen LogP contribution is 2.33. The number of rotatable bonds is 7. The van der Waals surface area contributed by atoms with Crippen LogP contribution in [-0.4, -0.2) is 32.4 Å². The molecule has 2 aromatic heterocycles. The molecular formula is C21H17Cl2N3O4. The van der Waals surface area contributed by atoms with Crippen LogP contribution < -0.4 is 4.74 Å². The zero-order valence-electron chi connectivity index (χ0n) is 15.9. The first-order valence-electron chi connectivity index (χ1n) is 9.23. The van der Waals surface area contributed by atoms with Crippen LogP contribution in [0.3, 0.4) is 0 Å². The van der Waals surface area contributed by atoms with Gasteiger partial charge in [-0.2, -0.15) is 4.98 Å². The zero-order chi connectivity index (χ0) is 21.3. The number of ether oxygens (including phenoxy) is 1. The van der Waals surface area contributed by atoms with Crippen LogP contribution in [0.25, 0.3) is 33.7 Å². The highest BCUT2D eigenvalue weighted by Gasteiger charge is 2.15. The van der Waals surface area contributed by atoms with E-state index in [2.05, 4.69) is 10.1 Å². The highest BCUT2D eigenvalue weighted by atomic mass is 35.5. The largest absolute Gasteiger partial charge is 0.492 e. The van der Waals surface area contributed by atoms with Crippen molar-refractivity contribution in [2.75, 3.05) is 6.61 Å². The number of nitrogens with zero attached hydrogens (tertiary/aromatic N) is 3. The summed E-state index contributed by atoms with van der Waals surface area (Å²) < 4.78 is 12.7. The average Bonchev–Trinajstić information content (AvgIpc) is 3.33. The molecular weight excluding hydrogens is 429 g/mol. The van der Waals surface area contributed by atoms with Gasteiger partial charge in [0.2, 0.25) is 5.82 Å². The van der Waals surface area contributed by atoms with Crippen LogP contribution in [0, 0.1) is 0 Å². The van der Waals surface area contributed by atoms with E-state index in [9.17, 15) is 4.79 Å². The van der Waals surface area contributed by atoms with E-state index in [4.69, 9.17) is 37.6 Å². The van der Waals surface area contributed by atoms with E-state index in [0.717, 1.165) is 16.5 Å². The number of hydrogen-bond donors (Lipinski definition) is 1. The minimum Gasteiger partial charge on any atom is -0.492 e. The number of halogens is 2.